The Morgan fingerprint density at radius 3 is 2.77 bits per heavy atom. The molecule has 3 rings (SSSR count). The van der Waals surface area contributed by atoms with E-state index in [0.717, 1.165) is 17.0 Å². The Hall–Kier alpha value is -2.62. The van der Waals surface area contributed by atoms with E-state index in [1.807, 2.05) is 36.4 Å². The van der Waals surface area contributed by atoms with Crippen LogP contribution in [0.25, 0.3) is 0 Å². The van der Waals surface area contributed by atoms with Gasteiger partial charge in [0.1, 0.15) is 12.4 Å². The quantitative estimate of drug-likeness (QED) is 0.759. The molecule has 1 fully saturated rings. The number of pyridine rings is 1. The molecule has 2 atom stereocenters. The summed E-state index contributed by atoms with van der Waals surface area (Å²) in [5.41, 5.74) is 3.03. The summed E-state index contributed by atoms with van der Waals surface area (Å²) in [7, 11) is 0. The summed E-state index contributed by atoms with van der Waals surface area (Å²) in [6.07, 6.45) is 5.73. The fourth-order valence-electron chi connectivity index (χ4n) is 3.38. The normalized spacial score (nSPS) is 20.2. The molecule has 4 nitrogen and oxygen atoms in total. The minimum Gasteiger partial charge on any atom is -0.489 e. The highest BCUT2D eigenvalue weighted by atomic mass is 16.5. The van der Waals surface area contributed by atoms with Crippen molar-refractivity contribution in [3.05, 3.63) is 66.0 Å². The molecule has 1 aromatic heterocycles. The van der Waals surface area contributed by atoms with Crippen LogP contribution in [0.1, 0.15) is 33.3 Å². The first-order chi connectivity index (χ1) is 12.4. The maximum absolute atomic E-state index is 12.7. The molecule has 0 radical (unpaired) electrons. The lowest BCUT2D eigenvalue weighted by atomic mass is 10.1. The van der Waals surface area contributed by atoms with Gasteiger partial charge >= 0.3 is 0 Å². The van der Waals surface area contributed by atoms with Crippen LogP contribution < -0.4 is 10.1 Å². The number of rotatable bonds is 6. The molecule has 1 N–H and O–H groups in total. The van der Waals surface area contributed by atoms with Gasteiger partial charge in [0.15, 0.2) is 0 Å². The molecule has 1 saturated carbocycles. The number of ether oxygens (including phenoxy) is 1. The first-order valence-corrected chi connectivity index (χ1v) is 8.95. The molecule has 26 heavy (non-hydrogen) atoms. The van der Waals surface area contributed by atoms with Crippen LogP contribution in [0.4, 0.5) is 5.69 Å². The second-order valence-electron chi connectivity index (χ2n) is 7.74. The van der Waals surface area contributed by atoms with Crippen LogP contribution in [0, 0.1) is 17.3 Å². The minimum atomic E-state index is 0.00970. The van der Waals surface area contributed by atoms with Gasteiger partial charge in [-0.15, -0.1) is 0 Å². The molecule has 1 aliphatic rings. The highest BCUT2D eigenvalue weighted by Crippen LogP contribution is 2.59. The number of nitrogens with zero attached hydrogens (tertiary/aromatic N) is 1. The van der Waals surface area contributed by atoms with Gasteiger partial charge in [0.2, 0.25) is 5.91 Å². The minimum absolute atomic E-state index is 0.00970. The maximum Gasteiger partial charge on any atom is 0.228 e. The summed E-state index contributed by atoms with van der Waals surface area (Å²) in [5.74, 6) is 1.11. The highest BCUT2D eigenvalue weighted by molar-refractivity contribution is 5.95. The number of anilines is 1. The Morgan fingerprint density at radius 1 is 1.27 bits per heavy atom. The summed E-state index contributed by atoms with van der Waals surface area (Å²) in [6.45, 7) is 8.89. The zero-order chi connectivity index (χ0) is 18.7. The van der Waals surface area contributed by atoms with E-state index < -0.39 is 0 Å². The van der Waals surface area contributed by atoms with Crippen molar-refractivity contribution in [3.63, 3.8) is 0 Å². The van der Waals surface area contributed by atoms with Crippen molar-refractivity contribution in [1.82, 2.24) is 4.98 Å². The van der Waals surface area contributed by atoms with Crippen molar-refractivity contribution < 1.29 is 9.53 Å². The Labute approximate surface area is 155 Å². The second-order valence-corrected chi connectivity index (χ2v) is 7.74. The number of aromatic nitrogens is 1. The van der Waals surface area contributed by atoms with E-state index in [4.69, 9.17) is 4.74 Å². The van der Waals surface area contributed by atoms with Crippen molar-refractivity contribution in [2.24, 2.45) is 17.3 Å². The number of hydrogen-bond donors (Lipinski definition) is 1. The third-order valence-corrected chi connectivity index (χ3v) is 4.94. The first-order valence-electron chi connectivity index (χ1n) is 8.95. The number of carbonyl (C=O) groups is 1. The average molecular weight is 350 g/mol. The molecular formula is C22H26N2O2. The first kappa shape index (κ1) is 18.2. The molecule has 0 saturated heterocycles. The van der Waals surface area contributed by atoms with Gasteiger partial charge in [-0.05, 0) is 43.4 Å². The Balaban J connectivity index is 1.62. The molecule has 1 heterocycles. The van der Waals surface area contributed by atoms with Crippen LogP contribution >= 0.6 is 0 Å². The Morgan fingerprint density at radius 2 is 2.08 bits per heavy atom. The van der Waals surface area contributed by atoms with Crippen LogP contribution in [0.3, 0.4) is 0 Å². The predicted octanol–water partition coefficient (Wildman–Crippen LogP) is 4.84. The largest absolute Gasteiger partial charge is 0.489 e. The number of nitrogens with one attached hydrogen (secondary N) is 1. The molecule has 0 aliphatic heterocycles. The Bertz CT molecular complexity index is 808. The lowest BCUT2D eigenvalue weighted by Gasteiger charge is -2.10. The topological polar surface area (TPSA) is 51.2 Å². The number of hydrogen-bond acceptors (Lipinski definition) is 3. The zero-order valence-corrected chi connectivity index (χ0v) is 15.8. The fourth-order valence-corrected chi connectivity index (χ4v) is 3.38. The van der Waals surface area contributed by atoms with Gasteiger partial charge in [-0.25, -0.2) is 0 Å². The summed E-state index contributed by atoms with van der Waals surface area (Å²) < 4.78 is 5.80. The van der Waals surface area contributed by atoms with E-state index >= 15 is 0 Å². The summed E-state index contributed by atoms with van der Waals surface area (Å²) in [5, 5.41) is 3.04. The van der Waals surface area contributed by atoms with Crippen molar-refractivity contribution in [3.8, 4) is 5.75 Å². The molecule has 2 aromatic rings. The van der Waals surface area contributed by atoms with Crippen LogP contribution in [-0.2, 0) is 11.4 Å². The Kier molecular flexibility index (Phi) is 5.12. The van der Waals surface area contributed by atoms with Gasteiger partial charge < -0.3 is 10.1 Å². The van der Waals surface area contributed by atoms with Crippen LogP contribution in [0.15, 0.2) is 60.4 Å². The summed E-state index contributed by atoms with van der Waals surface area (Å²) in [4.78, 5) is 16.8. The lowest BCUT2D eigenvalue weighted by molar-refractivity contribution is -0.118. The van der Waals surface area contributed by atoms with Gasteiger partial charge in [0, 0.05) is 29.7 Å². The third-order valence-electron chi connectivity index (χ3n) is 4.94. The second kappa shape index (κ2) is 7.32. The van der Waals surface area contributed by atoms with Gasteiger partial charge in [0.25, 0.3) is 0 Å². The molecule has 4 heteroatoms. The van der Waals surface area contributed by atoms with E-state index in [9.17, 15) is 4.79 Å². The fraction of sp³-hybridized carbons (Fsp3) is 0.364. The van der Waals surface area contributed by atoms with Gasteiger partial charge in [-0.1, -0.05) is 37.6 Å². The van der Waals surface area contributed by atoms with Gasteiger partial charge in [-0.2, -0.15) is 0 Å². The molecule has 0 bridgehead atoms. The van der Waals surface area contributed by atoms with Crippen LogP contribution in [0.2, 0.25) is 0 Å². The molecule has 1 amide bonds. The van der Waals surface area contributed by atoms with E-state index in [1.165, 1.54) is 5.57 Å². The SMILES string of the molecule is CC(C)=CC1C(C(=O)Nc2cccc(OCc3cccnc3)c2)C1(C)C. The number of benzene rings is 1. The van der Waals surface area contributed by atoms with Crippen LogP contribution in [0.5, 0.6) is 5.75 Å². The van der Waals surface area contributed by atoms with E-state index in [0.29, 0.717) is 12.5 Å². The standard InChI is InChI=1S/C22H26N2O2/c1-15(2)11-19-20(22(19,3)4)21(25)24-17-8-5-9-18(12-17)26-14-16-7-6-10-23-13-16/h5-13,19-20H,14H2,1-4H3,(H,24,25). The molecule has 2 unspecified atom stereocenters. The van der Waals surface area contributed by atoms with Crippen LogP contribution in [-0.4, -0.2) is 10.9 Å². The van der Waals surface area contributed by atoms with Gasteiger partial charge in [-0.3, -0.25) is 9.78 Å². The smallest absolute Gasteiger partial charge is 0.228 e. The summed E-state index contributed by atoms with van der Waals surface area (Å²) in [6, 6.07) is 11.4. The number of carbonyl (C=O) groups excluding carboxylic acids is 1. The van der Waals surface area contributed by atoms with E-state index in [-0.39, 0.29) is 17.2 Å². The molecular weight excluding hydrogens is 324 g/mol. The highest BCUT2D eigenvalue weighted by Gasteiger charge is 2.60. The van der Waals surface area contributed by atoms with Crippen molar-refractivity contribution in [2.75, 3.05) is 5.32 Å². The lowest BCUT2D eigenvalue weighted by Crippen LogP contribution is -2.16. The third kappa shape index (κ3) is 4.13. The number of allylic oxidation sites excluding steroid dienone is 2. The molecule has 1 aliphatic carbocycles. The zero-order valence-electron chi connectivity index (χ0n) is 15.8. The number of amides is 1. The van der Waals surface area contributed by atoms with Crippen molar-refractivity contribution in [2.45, 2.75) is 34.3 Å². The van der Waals surface area contributed by atoms with Crippen molar-refractivity contribution >= 4 is 11.6 Å². The molecule has 1 aromatic carbocycles. The molecule has 0 spiro atoms. The average Bonchev–Trinajstić information content (AvgIpc) is 3.14. The van der Waals surface area contributed by atoms with E-state index in [2.05, 4.69) is 44.1 Å². The maximum atomic E-state index is 12.7. The summed E-state index contributed by atoms with van der Waals surface area (Å²) >= 11 is 0. The molecule has 136 valence electrons. The monoisotopic (exact) mass is 350 g/mol. The van der Waals surface area contributed by atoms with Gasteiger partial charge in [0.05, 0.1) is 5.92 Å². The predicted molar refractivity (Wildman–Crippen MR) is 104 cm³/mol. The van der Waals surface area contributed by atoms with Crippen molar-refractivity contribution in [1.29, 1.82) is 0 Å². The van der Waals surface area contributed by atoms with E-state index in [1.54, 1.807) is 12.4 Å².